The minimum Gasteiger partial charge on any atom is -0.454 e. The molecule has 11 aromatic rings. The second-order valence-corrected chi connectivity index (χ2v) is 14.5. The molecule has 1 heterocycles. The normalized spacial score (nSPS) is 11.6. The van der Waals surface area contributed by atoms with Crippen molar-refractivity contribution in [1.82, 2.24) is 0 Å². The van der Waals surface area contributed by atoms with Crippen LogP contribution in [0.3, 0.4) is 0 Å². The fraction of sp³-hybridized carbons (Fsp3) is 0. The van der Waals surface area contributed by atoms with Gasteiger partial charge in [-0.25, -0.2) is 0 Å². The highest BCUT2D eigenvalue weighted by Crippen LogP contribution is 2.43. The average molecular weight is 714 g/mol. The van der Waals surface area contributed by atoms with Crippen LogP contribution in [0.5, 0.6) is 0 Å². The lowest BCUT2D eigenvalue weighted by molar-refractivity contribution is 0.669. The van der Waals surface area contributed by atoms with Crippen LogP contribution >= 0.6 is 0 Å². The van der Waals surface area contributed by atoms with Gasteiger partial charge in [0.1, 0.15) is 5.58 Å². The summed E-state index contributed by atoms with van der Waals surface area (Å²) in [5.74, 6) is 0. The molecule has 0 unspecified atom stereocenters. The summed E-state index contributed by atoms with van der Waals surface area (Å²) in [4.78, 5) is 2.32. The van der Waals surface area contributed by atoms with Crippen molar-refractivity contribution < 1.29 is 4.42 Å². The Labute approximate surface area is 325 Å². The second kappa shape index (κ2) is 13.2. The maximum atomic E-state index is 6.61. The van der Waals surface area contributed by atoms with Gasteiger partial charge in [0.2, 0.25) is 0 Å². The molecule has 262 valence electrons. The van der Waals surface area contributed by atoms with Gasteiger partial charge in [-0.1, -0.05) is 170 Å². The Bertz CT molecular complexity index is 3240. The van der Waals surface area contributed by atoms with Gasteiger partial charge >= 0.3 is 0 Å². The summed E-state index contributed by atoms with van der Waals surface area (Å²) in [7, 11) is 0. The highest BCUT2D eigenvalue weighted by Gasteiger charge is 2.20. The lowest BCUT2D eigenvalue weighted by Gasteiger charge is -2.26. The lowest BCUT2D eigenvalue weighted by atomic mass is 9.93. The van der Waals surface area contributed by atoms with E-state index in [9.17, 15) is 0 Å². The standard InChI is InChI=1S/C54H35NO/c1-3-16-44-37(11-1)13-8-19-45(44)39-27-32-43(33-28-39)55(52-23-10-22-51-50-18-5-6-24-53(50)56-54(51)52)42-30-25-36(26-31-42)40-14-7-15-41(35-40)47-20-9-21-48-46-17-4-2-12-38(46)29-34-49(47)48/h1-35H. The highest BCUT2D eigenvalue weighted by molar-refractivity contribution is 6.12. The van der Waals surface area contributed by atoms with Gasteiger partial charge in [0, 0.05) is 22.1 Å². The maximum absolute atomic E-state index is 6.61. The molecular weight excluding hydrogens is 679 g/mol. The van der Waals surface area contributed by atoms with Gasteiger partial charge < -0.3 is 9.32 Å². The Morgan fingerprint density at radius 2 is 0.857 bits per heavy atom. The molecular formula is C54H35NO. The summed E-state index contributed by atoms with van der Waals surface area (Å²) >= 11 is 0. The van der Waals surface area contributed by atoms with Crippen molar-refractivity contribution in [3.8, 4) is 33.4 Å². The molecule has 10 aromatic carbocycles. The number of fused-ring (bicyclic) bond motifs is 7. The maximum Gasteiger partial charge on any atom is 0.159 e. The van der Waals surface area contributed by atoms with Gasteiger partial charge in [0.25, 0.3) is 0 Å². The van der Waals surface area contributed by atoms with Crippen molar-refractivity contribution in [3.05, 3.63) is 212 Å². The smallest absolute Gasteiger partial charge is 0.159 e. The van der Waals surface area contributed by atoms with Gasteiger partial charge in [0.05, 0.1) is 5.69 Å². The van der Waals surface area contributed by atoms with E-state index in [1.165, 1.54) is 60.1 Å². The molecule has 0 fully saturated rings. The van der Waals surface area contributed by atoms with E-state index >= 15 is 0 Å². The Kier molecular flexibility index (Phi) is 7.53. The van der Waals surface area contributed by atoms with Crippen LogP contribution in [0.25, 0.3) is 87.6 Å². The summed E-state index contributed by atoms with van der Waals surface area (Å²) in [6.07, 6.45) is 0. The van der Waals surface area contributed by atoms with Crippen LogP contribution in [0, 0.1) is 0 Å². The molecule has 0 spiro atoms. The summed E-state index contributed by atoms with van der Waals surface area (Å²) in [6.45, 7) is 0. The van der Waals surface area contributed by atoms with Gasteiger partial charge in [-0.05, 0) is 108 Å². The van der Waals surface area contributed by atoms with Crippen LogP contribution in [-0.4, -0.2) is 0 Å². The van der Waals surface area contributed by atoms with Crippen molar-refractivity contribution in [3.63, 3.8) is 0 Å². The number of hydrogen-bond donors (Lipinski definition) is 0. The van der Waals surface area contributed by atoms with Gasteiger partial charge in [-0.15, -0.1) is 0 Å². The third-order valence-electron chi connectivity index (χ3n) is 11.3. The van der Waals surface area contributed by atoms with Crippen molar-refractivity contribution in [1.29, 1.82) is 0 Å². The first-order valence-electron chi connectivity index (χ1n) is 19.2. The first kappa shape index (κ1) is 32.0. The van der Waals surface area contributed by atoms with Crippen LogP contribution in [0.15, 0.2) is 217 Å². The summed E-state index contributed by atoms with van der Waals surface area (Å²) in [5, 5.41) is 9.79. The molecule has 1 aromatic heterocycles. The van der Waals surface area contributed by atoms with E-state index in [1.807, 2.05) is 12.1 Å². The first-order chi connectivity index (χ1) is 27.8. The Balaban J connectivity index is 1.01. The highest BCUT2D eigenvalue weighted by atomic mass is 16.3. The molecule has 2 nitrogen and oxygen atoms in total. The minimum absolute atomic E-state index is 0.867. The summed E-state index contributed by atoms with van der Waals surface area (Å²) < 4.78 is 6.61. The number of rotatable bonds is 6. The fourth-order valence-electron chi connectivity index (χ4n) is 8.56. The quantitative estimate of drug-likeness (QED) is 0.160. The molecule has 0 saturated carbocycles. The zero-order valence-electron chi connectivity index (χ0n) is 30.6. The van der Waals surface area contributed by atoms with Crippen LogP contribution in [0.2, 0.25) is 0 Å². The van der Waals surface area contributed by atoms with Crippen LogP contribution < -0.4 is 4.90 Å². The van der Waals surface area contributed by atoms with E-state index in [0.29, 0.717) is 0 Å². The molecule has 0 N–H and O–H groups in total. The van der Waals surface area contributed by atoms with Crippen molar-refractivity contribution in [2.24, 2.45) is 0 Å². The molecule has 0 bridgehead atoms. The lowest BCUT2D eigenvalue weighted by Crippen LogP contribution is -2.10. The molecule has 2 heteroatoms. The van der Waals surface area contributed by atoms with Crippen LogP contribution in [0.4, 0.5) is 17.1 Å². The Morgan fingerprint density at radius 3 is 1.66 bits per heavy atom. The number of nitrogens with zero attached hydrogens (tertiary/aromatic N) is 1. The number of benzene rings is 10. The molecule has 0 amide bonds. The monoisotopic (exact) mass is 713 g/mol. The molecule has 0 aliphatic carbocycles. The van der Waals surface area contributed by atoms with E-state index in [2.05, 4.69) is 205 Å². The molecule has 0 saturated heterocycles. The molecule has 0 atom stereocenters. The van der Waals surface area contributed by atoms with Crippen LogP contribution in [0.1, 0.15) is 0 Å². The van der Waals surface area contributed by atoms with E-state index < -0.39 is 0 Å². The van der Waals surface area contributed by atoms with Crippen LogP contribution in [-0.2, 0) is 0 Å². The second-order valence-electron chi connectivity index (χ2n) is 14.5. The van der Waals surface area contributed by atoms with E-state index in [0.717, 1.165) is 44.6 Å². The SMILES string of the molecule is c1cc(-c2ccc(N(c3ccc(-c4cccc5ccccc45)cc3)c3cccc4c3oc3ccccc34)cc2)cc(-c2cccc3c2ccc2ccccc23)c1. The molecule has 11 rings (SSSR count). The molecule has 56 heavy (non-hydrogen) atoms. The number of anilines is 3. The van der Waals surface area contributed by atoms with E-state index in [4.69, 9.17) is 4.42 Å². The Hall–Kier alpha value is -7.42. The summed E-state index contributed by atoms with van der Waals surface area (Å²) in [5.41, 5.74) is 12.0. The number of hydrogen-bond acceptors (Lipinski definition) is 2. The third kappa shape index (κ3) is 5.34. The zero-order chi connectivity index (χ0) is 37.0. The predicted molar refractivity (Wildman–Crippen MR) is 237 cm³/mol. The number of furan rings is 1. The van der Waals surface area contributed by atoms with E-state index in [1.54, 1.807) is 0 Å². The average Bonchev–Trinajstić information content (AvgIpc) is 3.66. The largest absolute Gasteiger partial charge is 0.454 e. The summed E-state index contributed by atoms with van der Waals surface area (Å²) in [6, 6.07) is 76.4. The third-order valence-corrected chi connectivity index (χ3v) is 11.3. The van der Waals surface area contributed by atoms with E-state index in [-0.39, 0.29) is 0 Å². The zero-order valence-corrected chi connectivity index (χ0v) is 30.6. The van der Waals surface area contributed by atoms with Gasteiger partial charge in [-0.2, -0.15) is 0 Å². The topological polar surface area (TPSA) is 16.4 Å². The van der Waals surface area contributed by atoms with Gasteiger partial charge in [-0.3, -0.25) is 0 Å². The fourth-order valence-corrected chi connectivity index (χ4v) is 8.56. The predicted octanol–water partition coefficient (Wildman–Crippen LogP) is 15.5. The van der Waals surface area contributed by atoms with Crippen molar-refractivity contribution >= 4 is 71.3 Å². The molecule has 0 radical (unpaired) electrons. The molecule has 0 aliphatic heterocycles. The minimum atomic E-state index is 0.867. The molecule has 0 aliphatic rings. The van der Waals surface area contributed by atoms with Gasteiger partial charge in [0.15, 0.2) is 5.58 Å². The number of para-hydroxylation sites is 2. The Morgan fingerprint density at radius 1 is 0.304 bits per heavy atom. The first-order valence-corrected chi connectivity index (χ1v) is 19.2. The van der Waals surface area contributed by atoms with Crippen molar-refractivity contribution in [2.75, 3.05) is 4.90 Å². The van der Waals surface area contributed by atoms with Crippen molar-refractivity contribution in [2.45, 2.75) is 0 Å².